The number of rotatable bonds is 4. The fraction of sp³-hybridized carbons (Fsp3) is 0.0400. The van der Waals surface area contributed by atoms with Crippen molar-refractivity contribution in [2.45, 2.75) is 12.8 Å². The Bertz CT molecular complexity index is 3320. The largest absolute Gasteiger partial charge is 0.456 e. The van der Waals surface area contributed by atoms with E-state index in [4.69, 9.17) is 14.4 Å². The highest BCUT2D eigenvalue weighted by Crippen LogP contribution is 2.40. The molecule has 0 amide bonds. The molecule has 0 radical (unpaired) electrons. The number of fused-ring (bicyclic) bond motifs is 7. The first-order chi connectivity index (χ1) is 26.7. The maximum absolute atomic E-state index is 6.25. The fourth-order valence-corrected chi connectivity index (χ4v) is 8.96. The van der Waals surface area contributed by atoms with Gasteiger partial charge in [-0.05, 0) is 99.5 Å². The van der Waals surface area contributed by atoms with Gasteiger partial charge < -0.3 is 4.42 Å². The van der Waals surface area contributed by atoms with Crippen LogP contribution < -0.4 is 0 Å². The van der Waals surface area contributed by atoms with E-state index in [2.05, 4.69) is 156 Å². The number of para-hydroxylation sites is 3. The monoisotopic (exact) mass is 689 g/mol. The molecule has 4 heteroatoms. The van der Waals surface area contributed by atoms with Crippen LogP contribution in [0.25, 0.3) is 105 Å². The van der Waals surface area contributed by atoms with Crippen LogP contribution in [0.15, 0.2) is 168 Å². The highest BCUT2D eigenvalue weighted by Gasteiger charge is 2.20. The highest BCUT2D eigenvalue weighted by molar-refractivity contribution is 6.11. The third kappa shape index (κ3) is 4.31. The third-order valence-electron chi connectivity index (χ3n) is 11.5. The molecule has 0 bridgehead atoms. The molecule has 0 fully saturated rings. The van der Waals surface area contributed by atoms with E-state index < -0.39 is 0 Å². The summed E-state index contributed by atoms with van der Waals surface area (Å²) in [5.74, 6) is 0.655. The van der Waals surface area contributed by atoms with Gasteiger partial charge in [0.1, 0.15) is 11.2 Å². The van der Waals surface area contributed by atoms with E-state index in [0.717, 1.165) is 89.9 Å². The Hall–Kier alpha value is -7.04. The molecular formula is C50H31N3O. The SMILES string of the molecule is c1ccc2c(-c3ccc(-c4ccc5c6c(cccc46)CC5)cc3)nc(-n3c4ccccc4c4cc(-c5ccc6c(c5)oc5ccccc56)ccc43)nc2c1. The molecule has 12 rings (SSSR count). The molecule has 54 heavy (non-hydrogen) atoms. The Morgan fingerprint density at radius 2 is 1.09 bits per heavy atom. The molecule has 1 aliphatic rings. The van der Waals surface area contributed by atoms with Crippen LogP contribution in [0.5, 0.6) is 0 Å². The second-order valence-corrected chi connectivity index (χ2v) is 14.5. The molecule has 4 nitrogen and oxygen atoms in total. The predicted molar refractivity (Wildman–Crippen MR) is 222 cm³/mol. The van der Waals surface area contributed by atoms with Gasteiger partial charge in [0, 0.05) is 32.5 Å². The van der Waals surface area contributed by atoms with Gasteiger partial charge in [0.05, 0.1) is 22.2 Å². The Balaban J connectivity index is 1.00. The summed E-state index contributed by atoms with van der Waals surface area (Å²) in [4.78, 5) is 10.6. The first kappa shape index (κ1) is 29.5. The molecule has 0 saturated carbocycles. The van der Waals surface area contributed by atoms with Crippen LogP contribution in [0.3, 0.4) is 0 Å². The van der Waals surface area contributed by atoms with Crippen molar-refractivity contribution in [3.8, 4) is 39.5 Å². The smallest absolute Gasteiger partial charge is 0.235 e. The molecule has 0 spiro atoms. The number of benzene rings is 8. The summed E-state index contributed by atoms with van der Waals surface area (Å²) >= 11 is 0. The Labute approximate surface area is 310 Å². The van der Waals surface area contributed by atoms with Gasteiger partial charge in [-0.3, -0.25) is 4.57 Å². The van der Waals surface area contributed by atoms with Crippen molar-refractivity contribution < 1.29 is 4.42 Å². The zero-order chi connectivity index (χ0) is 35.3. The number of hydrogen-bond acceptors (Lipinski definition) is 3. The van der Waals surface area contributed by atoms with E-state index in [1.54, 1.807) is 0 Å². The molecule has 8 aromatic carbocycles. The Morgan fingerprint density at radius 3 is 2.00 bits per heavy atom. The molecule has 3 heterocycles. The molecule has 0 N–H and O–H groups in total. The van der Waals surface area contributed by atoms with Gasteiger partial charge >= 0.3 is 0 Å². The van der Waals surface area contributed by atoms with Crippen molar-refractivity contribution in [1.29, 1.82) is 0 Å². The lowest BCUT2D eigenvalue weighted by molar-refractivity contribution is 0.669. The maximum Gasteiger partial charge on any atom is 0.235 e. The molecule has 1 aliphatic carbocycles. The van der Waals surface area contributed by atoms with Crippen LogP contribution in [0.4, 0.5) is 0 Å². The molecule has 0 atom stereocenters. The lowest BCUT2D eigenvalue weighted by Crippen LogP contribution is -2.03. The minimum absolute atomic E-state index is 0.655. The summed E-state index contributed by atoms with van der Waals surface area (Å²) in [5.41, 5.74) is 14.5. The summed E-state index contributed by atoms with van der Waals surface area (Å²) in [7, 11) is 0. The minimum Gasteiger partial charge on any atom is -0.456 e. The minimum atomic E-state index is 0.655. The quantitative estimate of drug-likeness (QED) is 0.185. The molecule has 11 aromatic rings. The standard InChI is InChI=1S/C50H31N3O/c1-4-13-43-41(11-1)49(33-20-16-30(17-21-33)36-25-22-32-19-18-31-8-7-12-40(36)48(31)32)52-50(51-43)53-44-14-5-2-9-37(44)42-28-34(24-27-45(42)53)35-23-26-39-38-10-3-6-15-46(38)54-47(39)29-35/h1-17,20-29H,18-19H2. The van der Waals surface area contributed by atoms with E-state index in [1.807, 2.05) is 12.1 Å². The van der Waals surface area contributed by atoms with Gasteiger partial charge in [-0.1, -0.05) is 121 Å². The third-order valence-corrected chi connectivity index (χ3v) is 11.5. The van der Waals surface area contributed by atoms with Gasteiger partial charge in [0.2, 0.25) is 5.95 Å². The fourth-order valence-electron chi connectivity index (χ4n) is 8.96. The van der Waals surface area contributed by atoms with Crippen molar-refractivity contribution in [2.24, 2.45) is 0 Å². The number of hydrogen-bond donors (Lipinski definition) is 0. The van der Waals surface area contributed by atoms with Gasteiger partial charge in [-0.15, -0.1) is 0 Å². The average molecular weight is 690 g/mol. The van der Waals surface area contributed by atoms with Crippen molar-refractivity contribution >= 4 is 65.4 Å². The average Bonchev–Trinajstić information content (AvgIpc) is 3.93. The Morgan fingerprint density at radius 1 is 0.426 bits per heavy atom. The molecule has 3 aromatic heterocycles. The van der Waals surface area contributed by atoms with E-state index in [0.29, 0.717) is 5.95 Å². The van der Waals surface area contributed by atoms with Crippen molar-refractivity contribution in [2.75, 3.05) is 0 Å². The molecular weight excluding hydrogens is 659 g/mol. The van der Waals surface area contributed by atoms with E-state index in [1.165, 1.54) is 33.0 Å². The number of furan rings is 1. The summed E-state index contributed by atoms with van der Waals surface area (Å²) in [6, 6.07) is 58.6. The summed E-state index contributed by atoms with van der Waals surface area (Å²) in [5, 5.41) is 8.40. The van der Waals surface area contributed by atoms with Gasteiger partial charge in [0.25, 0.3) is 0 Å². The van der Waals surface area contributed by atoms with Crippen molar-refractivity contribution in [3.63, 3.8) is 0 Å². The summed E-state index contributed by atoms with van der Waals surface area (Å²) in [6.07, 6.45) is 2.26. The zero-order valence-electron chi connectivity index (χ0n) is 29.3. The summed E-state index contributed by atoms with van der Waals surface area (Å²) < 4.78 is 8.47. The van der Waals surface area contributed by atoms with Crippen LogP contribution in [0.1, 0.15) is 11.1 Å². The van der Waals surface area contributed by atoms with Crippen LogP contribution in [-0.4, -0.2) is 14.5 Å². The molecule has 0 unspecified atom stereocenters. The first-order valence-corrected chi connectivity index (χ1v) is 18.6. The molecule has 0 saturated heterocycles. The van der Waals surface area contributed by atoms with Crippen LogP contribution >= 0.6 is 0 Å². The van der Waals surface area contributed by atoms with Gasteiger partial charge in [-0.25, -0.2) is 9.97 Å². The predicted octanol–water partition coefficient (Wildman–Crippen LogP) is 12.9. The number of nitrogens with zero attached hydrogens (tertiary/aromatic N) is 3. The number of aryl methyl sites for hydroxylation is 2. The second-order valence-electron chi connectivity index (χ2n) is 14.5. The van der Waals surface area contributed by atoms with Crippen LogP contribution in [-0.2, 0) is 12.8 Å². The van der Waals surface area contributed by atoms with Gasteiger partial charge in [-0.2, -0.15) is 0 Å². The van der Waals surface area contributed by atoms with Crippen molar-refractivity contribution in [3.05, 3.63) is 175 Å². The molecule has 0 aliphatic heterocycles. The first-order valence-electron chi connectivity index (χ1n) is 18.6. The van der Waals surface area contributed by atoms with Crippen LogP contribution in [0.2, 0.25) is 0 Å². The lowest BCUT2D eigenvalue weighted by Gasteiger charge is -2.13. The normalized spacial score (nSPS) is 12.7. The summed E-state index contributed by atoms with van der Waals surface area (Å²) in [6.45, 7) is 0. The van der Waals surface area contributed by atoms with Gasteiger partial charge in [0.15, 0.2) is 0 Å². The lowest BCUT2D eigenvalue weighted by atomic mass is 9.94. The number of aromatic nitrogens is 3. The molecule has 252 valence electrons. The highest BCUT2D eigenvalue weighted by atomic mass is 16.3. The van der Waals surface area contributed by atoms with E-state index in [-0.39, 0.29) is 0 Å². The second kappa shape index (κ2) is 11.2. The zero-order valence-corrected chi connectivity index (χ0v) is 29.3. The van der Waals surface area contributed by atoms with E-state index in [9.17, 15) is 0 Å². The topological polar surface area (TPSA) is 43.9 Å². The van der Waals surface area contributed by atoms with Crippen molar-refractivity contribution in [1.82, 2.24) is 14.5 Å². The maximum atomic E-state index is 6.25. The Kier molecular flexibility index (Phi) is 6.14. The van der Waals surface area contributed by atoms with E-state index >= 15 is 0 Å². The van der Waals surface area contributed by atoms with Crippen LogP contribution in [0, 0.1) is 0 Å².